The van der Waals surface area contributed by atoms with Gasteiger partial charge in [-0.15, -0.1) is 12.4 Å². The van der Waals surface area contributed by atoms with Crippen molar-refractivity contribution in [2.75, 3.05) is 18.8 Å². The molecular formula is C19H23ClFN3O2. The number of nitrogens with zero attached hydrogens (tertiary/aromatic N) is 1. The van der Waals surface area contributed by atoms with Crippen LogP contribution in [0.2, 0.25) is 0 Å². The molecule has 0 saturated carbocycles. The molecule has 1 atom stereocenters. The summed E-state index contributed by atoms with van der Waals surface area (Å²) in [5.74, 6) is -0.503. The number of nitrogen functional groups attached to an aromatic ring is 1. The summed E-state index contributed by atoms with van der Waals surface area (Å²) in [6.07, 6.45) is 1.78. The maximum absolute atomic E-state index is 13.8. The van der Waals surface area contributed by atoms with Gasteiger partial charge in [0, 0.05) is 30.4 Å². The van der Waals surface area contributed by atoms with Crippen LogP contribution in [-0.2, 0) is 6.54 Å². The zero-order valence-corrected chi connectivity index (χ0v) is 15.1. The molecule has 7 heteroatoms. The lowest BCUT2D eigenvalue weighted by molar-refractivity contribution is 0.0900. The highest BCUT2D eigenvalue weighted by Crippen LogP contribution is 2.20. The first-order valence-corrected chi connectivity index (χ1v) is 8.38. The third-order valence-electron chi connectivity index (χ3n) is 4.47. The summed E-state index contributed by atoms with van der Waals surface area (Å²) in [6.45, 7) is 2.04. The Morgan fingerprint density at radius 3 is 2.85 bits per heavy atom. The fourth-order valence-corrected chi connectivity index (χ4v) is 3.19. The van der Waals surface area contributed by atoms with Gasteiger partial charge in [-0.05, 0) is 43.7 Å². The number of likely N-dealkylation sites (tertiary alicyclic amines) is 1. The first kappa shape index (κ1) is 20.0. The van der Waals surface area contributed by atoms with Crippen LogP contribution in [0.25, 0.3) is 0 Å². The zero-order chi connectivity index (χ0) is 17.8. The van der Waals surface area contributed by atoms with Gasteiger partial charge in [0.05, 0.1) is 5.56 Å². The topological polar surface area (TPSA) is 78.6 Å². The third-order valence-corrected chi connectivity index (χ3v) is 4.47. The number of halogens is 2. The Hall–Kier alpha value is -2.31. The second-order valence-corrected chi connectivity index (χ2v) is 6.41. The molecule has 1 aliphatic rings. The molecule has 1 fully saturated rings. The second-order valence-electron chi connectivity index (χ2n) is 6.41. The van der Waals surface area contributed by atoms with Crippen LogP contribution in [0.1, 0.15) is 28.8 Å². The van der Waals surface area contributed by atoms with Crippen LogP contribution in [0.15, 0.2) is 42.5 Å². The Kier molecular flexibility index (Phi) is 6.83. The van der Waals surface area contributed by atoms with Gasteiger partial charge < -0.3 is 16.2 Å². The van der Waals surface area contributed by atoms with E-state index >= 15 is 0 Å². The molecule has 1 saturated heterocycles. The molecule has 2 aromatic carbocycles. The molecular weight excluding hydrogens is 357 g/mol. The number of hydrogen-bond acceptors (Lipinski definition) is 4. The predicted octanol–water partition coefficient (Wildman–Crippen LogP) is 2.93. The van der Waals surface area contributed by atoms with E-state index in [0.717, 1.165) is 19.4 Å². The second kappa shape index (κ2) is 8.87. The summed E-state index contributed by atoms with van der Waals surface area (Å²) in [6, 6.07) is 11.0. The Bertz CT molecular complexity index is 772. The number of phenolic OH excluding ortho intramolecular Hbond substituents is 1. The van der Waals surface area contributed by atoms with Crippen LogP contribution < -0.4 is 11.1 Å². The number of nitrogens with one attached hydrogen (secondary N) is 1. The largest absolute Gasteiger partial charge is 0.508 e. The van der Waals surface area contributed by atoms with Gasteiger partial charge >= 0.3 is 0 Å². The molecule has 1 unspecified atom stereocenters. The van der Waals surface area contributed by atoms with Gasteiger partial charge in [-0.3, -0.25) is 9.69 Å². The van der Waals surface area contributed by atoms with E-state index in [1.807, 2.05) is 6.07 Å². The number of amides is 1. The lowest BCUT2D eigenvalue weighted by Crippen LogP contribution is -2.47. The third kappa shape index (κ3) is 4.86. The van der Waals surface area contributed by atoms with E-state index in [1.165, 1.54) is 24.3 Å². The molecule has 0 bridgehead atoms. The van der Waals surface area contributed by atoms with Crippen LogP contribution in [0.5, 0.6) is 5.75 Å². The number of benzene rings is 2. The average Bonchev–Trinajstić information content (AvgIpc) is 2.59. The molecule has 2 aromatic rings. The number of aromatic hydroxyl groups is 1. The summed E-state index contributed by atoms with van der Waals surface area (Å²) in [4.78, 5) is 14.6. The number of hydrogen-bond donors (Lipinski definition) is 3. The minimum Gasteiger partial charge on any atom is -0.508 e. The summed E-state index contributed by atoms with van der Waals surface area (Å²) in [7, 11) is 0. The lowest BCUT2D eigenvalue weighted by Gasteiger charge is -2.33. The Morgan fingerprint density at radius 2 is 2.08 bits per heavy atom. The standard InChI is InChI=1S/C19H22FN3O2.ClH/c20-17-6-2-1-4-13(17)11-23-9-3-5-14(12-23)22-19(25)16-10-15(24)7-8-18(16)21;/h1-2,4,6-8,10,14,24H,3,5,9,11-12,21H2,(H,22,25);1H. The van der Waals surface area contributed by atoms with Gasteiger partial charge in [-0.25, -0.2) is 4.39 Å². The summed E-state index contributed by atoms with van der Waals surface area (Å²) in [5.41, 5.74) is 7.07. The molecule has 3 rings (SSSR count). The fourth-order valence-electron chi connectivity index (χ4n) is 3.19. The van der Waals surface area contributed by atoms with Crippen LogP contribution >= 0.6 is 12.4 Å². The van der Waals surface area contributed by atoms with Gasteiger partial charge in [0.2, 0.25) is 0 Å². The van der Waals surface area contributed by atoms with Crippen molar-refractivity contribution in [2.45, 2.75) is 25.4 Å². The van der Waals surface area contributed by atoms with Gasteiger partial charge in [0.15, 0.2) is 0 Å². The van der Waals surface area contributed by atoms with Gasteiger partial charge in [0.1, 0.15) is 11.6 Å². The van der Waals surface area contributed by atoms with Crippen molar-refractivity contribution in [3.63, 3.8) is 0 Å². The summed E-state index contributed by atoms with van der Waals surface area (Å²) < 4.78 is 13.8. The summed E-state index contributed by atoms with van der Waals surface area (Å²) >= 11 is 0. The van der Waals surface area contributed by atoms with Crippen molar-refractivity contribution in [2.24, 2.45) is 0 Å². The minimum atomic E-state index is -0.300. The first-order valence-electron chi connectivity index (χ1n) is 8.38. The van der Waals surface area contributed by atoms with E-state index in [9.17, 15) is 14.3 Å². The quantitative estimate of drug-likeness (QED) is 0.563. The first-order chi connectivity index (χ1) is 12.0. The van der Waals surface area contributed by atoms with Gasteiger partial charge in [0.25, 0.3) is 5.91 Å². The molecule has 0 radical (unpaired) electrons. The molecule has 5 nitrogen and oxygen atoms in total. The van der Waals surface area contributed by atoms with E-state index in [-0.39, 0.29) is 41.5 Å². The molecule has 140 valence electrons. The van der Waals surface area contributed by atoms with Crippen molar-refractivity contribution in [3.05, 3.63) is 59.4 Å². The molecule has 26 heavy (non-hydrogen) atoms. The maximum atomic E-state index is 13.8. The monoisotopic (exact) mass is 379 g/mol. The molecule has 0 aromatic heterocycles. The highest BCUT2D eigenvalue weighted by Gasteiger charge is 2.23. The van der Waals surface area contributed by atoms with E-state index in [2.05, 4.69) is 10.2 Å². The molecule has 0 aliphatic carbocycles. The van der Waals surface area contributed by atoms with Crippen molar-refractivity contribution < 1.29 is 14.3 Å². The molecule has 1 aliphatic heterocycles. The Balaban J connectivity index is 0.00000243. The van der Waals surface area contributed by atoms with Crippen LogP contribution in [0.4, 0.5) is 10.1 Å². The van der Waals surface area contributed by atoms with E-state index in [1.54, 1.807) is 12.1 Å². The highest BCUT2D eigenvalue weighted by molar-refractivity contribution is 5.99. The number of rotatable bonds is 4. The number of nitrogens with two attached hydrogens (primary N) is 1. The van der Waals surface area contributed by atoms with Crippen molar-refractivity contribution in [1.29, 1.82) is 0 Å². The van der Waals surface area contributed by atoms with Crippen molar-refractivity contribution in [3.8, 4) is 5.75 Å². The van der Waals surface area contributed by atoms with Crippen LogP contribution in [0.3, 0.4) is 0 Å². The van der Waals surface area contributed by atoms with E-state index in [4.69, 9.17) is 5.73 Å². The van der Waals surface area contributed by atoms with E-state index in [0.29, 0.717) is 24.3 Å². The van der Waals surface area contributed by atoms with Crippen LogP contribution in [-0.4, -0.2) is 35.0 Å². The number of carbonyl (C=O) groups is 1. The SMILES string of the molecule is Cl.Nc1ccc(O)cc1C(=O)NC1CCCN(Cc2ccccc2F)C1. The lowest BCUT2D eigenvalue weighted by atomic mass is 10.0. The number of carbonyl (C=O) groups excluding carboxylic acids is 1. The molecule has 0 spiro atoms. The molecule has 1 amide bonds. The normalized spacial score (nSPS) is 17.3. The van der Waals surface area contributed by atoms with Crippen LogP contribution in [0, 0.1) is 5.82 Å². The van der Waals surface area contributed by atoms with E-state index < -0.39 is 0 Å². The minimum absolute atomic E-state index is 0. The summed E-state index contributed by atoms with van der Waals surface area (Å²) in [5, 5.41) is 12.5. The average molecular weight is 380 g/mol. The molecule has 4 N–H and O–H groups in total. The Morgan fingerprint density at radius 1 is 1.31 bits per heavy atom. The highest BCUT2D eigenvalue weighted by atomic mass is 35.5. The predicted molar refractivity (Wildman–Crippen MR) is 102 cm³/mol. The Labute approximate surface area is 158 Å². The number of anilines is 1. The maximum Gasteiger partial charge on any atom is 0.253 e. The fraction of sp³-hybridized carbons (Fsp3) is 0.316. The zero-order valence-electron chi connectivity index (χ0n) is 14.3. The number of phenols is 1. The van der Waals surface area contributed by atoms with Gasteiger partial charge in [-0.1, -0.05) is 18.2 Å². The smallest absolute Gasteiger partial charge is 0.253 e. The molecule has 1 heterocycles. The van der Waals surface area contributed by atoms with Gasteiger partial charge in [-0.2, -0.15) is 0 Å². The number of piperidine rings is 1. The van der Waals surface area contributed by atoms with Crippen molar-refractivity contribution >= 4 is 24.0 Å². The van der Waals surface area contributed by atoms with Crippen molar-refractivity contribution in [1.82, 2.24) is 10.2 Å².